The smallest absolute Gasteiger partial charge is 0.223 e. The van der Waals surface area contributed by atoms with Gasteiger partial charge in [0.2, 0.25) is 11.8 Å². The average Bonchev–Trinajstić information content (AvgIpc) is 3.22. The van der Waals surface area contributed by atoms with Gasteiger partial charge in [-0.3, -0.25) is 9.59 Å². The molecular weight excluding hydrogens is 412 g/mol. The normalized spacial score (nSPS) is 20.9. The predicted molar refractivity (Wildman–Crippen MR) is 131 cm³/mol. The van der Waals surface area contributed by atoms with Crippen LogP contribution in [0.3, 0.4) is 0 Å². The van der Waals surface area contributed by atoms with E-state index in [0.717, 1.165) is 54.2 Å². The summed E-state index contributed by atoms with van der Waals surface area (Å²) in [5, 5.41) is 5.42. The van der Waals surface area contributed by atoms with Crippen LogP contribution in [0.5, 0.6) is 5.75 Å². The molecule has 2 aromatic carbocycles. The number of hydrogen-bond donors (Lipinski definition) is 1. The van der Waals surface area contributed by atoms with Crippen molar-refractivity contribution in [2.75, 3.05) is 13.7 Å². The van der Waals surface area contributed by atoms with E-state index in [1.54, 1.807) is 7.11 Å². The molecule has 33 heavy (non-hydrogen) atoms. The number of rotatable bonds is 8. The van der Waals surface area contributed by atoms with Crippen molar-refractivity contribution in [2.24, 2.45) is 0 Å². The molecule has 1 heterocycles. The standard InChI is InChI=1S/C28H34N2O3/c1-3-19-30(22-9-5-4-6-10-22)27(32)16-18-28(17-15-26(31)29-28)20-21-13-14-25(33-2)24-12-8-7-11-23(21)24/h1,7-8,11-14,22H,4-6,9-10,15-20H2,2H3,(H,29,31)/t28-/m0/s1. The topological polar surface area (TPSA) is 58.6 Å². The van der Waals surface area contributed by atoms with Gasteiger partial charge in [0.05, 0.1) is 13.7 Å². The Morgan fingerprint density at radius 2 is 1.94 bits per heavy atom. The fourth-order valence-electron chi connectivity index (χ4n) is 5.61. The molecule has 2 amide bonds. The van der Waals surface area contributed by atoms with E-state index in [9.17, 15) is 9.59 Å². The number of nitrogens with one attached hydrogen (secondary N) is 1. The maximum Gasteiger partial charge on any atom is 0.223 e. The van der Waals surface area contributed by atoms with Gasteiger partial charge in [-0.1, -0.05) is 55.5 Å². The molecule has 0 unspecified atom stereocenters. The van der Waals surface area contributed by atoms with Crippen molar-refractivity contribution in [1.82, 2.24) is 10.2 Å². The van der Waals surface area contributed by atoms with Crippen LogP contribution in [0.15, 0.2) is 36.4 Å². The van der Waals surface area contributed by atoms with Gasteiger partial charge in [-0.15, -0.1) is 6.42 Å². The SMILES string of the molecule is C#CCN(C(=O)CC[C@]1(Cc2ccc(OC)c3ccccc23)CCC(=O)N1)C1CCCCC1. The quantitative estimate of drug-likeness (QED) is 0.602. The van der Waals surface area contributed by atoms with Gasteiger partial charge in [0.25, 0.3) is 0 Å². The van der Waals surface area contributed by atoms with Gasteiger partial charge in [-0.05, 0) is 49.1 Å². The van der Waals surface area contributed by atoms with E-state index in [1.807, 2.05) is 23.1 Å². The largest absolute Gasteiger partial charge is 0.496 e. The van der Waals surface area contributed by atoms with Gasteiger partial charge in [0.1, 0.15) is 5.75 Å². The van der Waals surface area contributed by atoms with Gasteiger partial charge in [0, 0.05) is 29.8 Å². The minimum atomic E-state index is -0.418. The summed E-state index contributed by atoms with van der Waals surface area (Å²) in [6.45, 7) is 0.367. The fourth-order valence-corrected chi connectivity index (χ4v) is 5.61. The zero-order valence-electron chi connectivity index (χ0n) is 19.6. The highest BCUT2D eigenvalue weighted by Gasteiger charge is 2.39. The van der Waals surface area contributed by atoms with Crippen LogP contribution >= 0.6 is 0 Å². The Balaban J connectivity index is 1.54. The Bertz CT molecular complexity index is 1050. The van der Waals surface area contributed by atoms with Crippen LogP contribution in [0.25, 0.3) is 10.8 Å². The molecule has 0 spiro atoms. The Kier molecular flexibility index (Phi) is 7.23. The number of ether oxygens (including phenoxy) is 1. The predicted octanol–water partition coefficient (Wildman–Crippen LogP) is 4.61. The maximum absolute atomic E-state index is 13.3. The summed E-state index contributed by atoms with van der Waals surface area (Å²) < 4.78 is 5.54. The van der Waals surface area contributed by atoms with Crippen molar-refractivity contribution in [1.29, 1.82) is 0 Å². The summed E-state index contributed by atoms with van der Waals surface area (Å²) in [5.41, 5.74) is 0.743. The summed E-state index contributed by atoms with van der Waals surface area (Å²) in [6.07, 6.45) is 14.2. The van der Waals surface area contributed by atoms with Crippen molar-refractivity contribution in [3.05, 3.63) is 42.0 Å². The van der Waals surface area contributed by atoms with E-state index in [0.29, 0.717) is 32.2 Å². The first-order chi connectivity index (χ1) is 16.0. The number of nitrogens with zero attached hydrogens (tertiary/aromatic N) is 1. The van der Waals surface area contributed by atoms with Crippen molar-refractivity contribution in [3.63, 3.8) is 0 Å². The lowest BCUT2D eigenvalue weighted by molar-refractivity contribution is -0.134. The maximum atomic E-state index is 13.3. The summed E-state index contributed by atoms with van der Waals surface area (Å²) in [4.78, 5) is 27.5. The number of terminal acetylenes is 1. The molecule has 2 fully saturated rings. The fraction of sp³-hybridized carbons (Fsp3) is 0.500. The number of carbonyl (C=O) groups excluding carboxylic acids is 2. The molecule has 1 saturated heterocycles. The molecule has 2 aromatic rings. The second-order valence-electron chi connectivity index (χ2n) is 9.50. The van der Waals surface area contributed by atoms with Crippen molar-refractivity contribution in [2.45, 2.75) is 75.8 Å². The summed E-state index contributed by atoms with van der Waals surface area (Å²) in [5.74, 6) is 3.70. The monoisotopic (exact) mass is 446 g/mol. The van der Waals surface area contributed by atoms with Gasteiger partial charge >= 0.3 is 0 Å². The Labute approximate surface area is 196 Å². The van der Waals surface area contributed by atoms with E-state index in [4.69, 9.17) is 11.2 Å². The van der Waals surface area contributed by atoms with Crippen LogP contribution < -0.4 is 10.1 Å². The van der Waals surface area contributed by atoms with E-state index in [-0.39, 0.29) is 17.9 Å². The number of amides is 2. The third kappa shape index (κ3) is 5.16. The molecule has 1 N–H and O–H groups in total. The average molecular weight is 447 g/mol. The first-order valence-electron chi connectivity index (χ1n) is 12.1. The second-order valence-corrected chi connectivity index (χ2v) is 9.50. The number of methoxy groups -OCH3 is 1. The molecule has 0 aromatic heterocycles. The molecule has 1 atom stereocenters. The number of fused-ring (bicyclic) bond motifs is 1. The third-order valence-corrected chi connectivity index (χ3v) is 7.37. The highest BCUT2D eigenvalue weighted by atomic mass is 16.5. The Hall–Kier alpha value is -3.00. The van der Waals surface area contributed by atoms with E-state index in [2.05, 4.69) is 29.4 Å². The van der Waals surface area contributed by atoms with Crippen molar-refractivity contribution >= 4 is 22.6 Å². The summed E-state index contributed by atoms with van der Waals surface area (Å²) in [7, 11) is 1.68. The number of hydrogen-bond acceptors (Lipinski definition) is 3. The van der Waals surface area contributed by atoms with Crippen molar-refractivity contribution in [3.8, 4) is 18.1 Å². The van der Waals surface area contributed by atoms with Crippen molar-refractivity contribution < 1.29 is 14.3 Å². The second kappa shape index (κ2) is 10.3. The van der Waals surface area contributed by atoms with Crippen LogP contribution in [-0.2, 0) is 16.0 Å². The molecule has 1 saturated carbocycles. The van der Waals surface area contributed by atoms with Crippen LogP contribution in [0.1, 0.15) is 63.4 Å². The first-order valence-corrected chi connectivity index (χ1v) is 12.1. The van der Waals surface area contributed by atoms with Gasteiger partial charge in [-0.2, -0.15) is 0 Å². The Morgan fingerprint density at radius 1 is 1.18 bits per heavy atom. The number of carbonyl (C=O) groups is 2. The van der Waals surface area contributed by atoms with Gasteiger partial charge in [-0.25, -0.2) is 0 Å². The minimum absolute atomic E-state index is 0.0630. The summed E-state index contributed by atoms with van der Waals surface area (Å²) >= 11 is 0. The van der Waals surface area contributed by atoms with E-state index >= 15 is 0 Å². The van der Waals surface area contributed by atoms with Gasteiger partial charge < -0.3 is 15.0 Å². The molecule has 174 valence electrons. The molecule has 2 aliphatic rings. The molecule has 5 heteroatoms. The first kappa shape index (κ1) is 23.2. The molecule has 0 radical (unpaired) electrons. The highest BCUT2D eigenvalue weighted by molar-refractivity contribution is 5.91. The highest BCUT2D eigenvalue weighted by Crippen LogP contribution is 2.35. The lowest BCUT2D eigenvalue weighted by atomic mass is 9.83. The third-order valence-electron chi connectivity index (χ3n) is 7.37. The van der Waals surface area contributed by atoms with E-state index in [1.165, 1.54) is 6.42 Å². The zero-order chi connectivity index (χ0) is 23.3. The van der Waals surface area contributed by atoms with Crippen LogP contribution in [0, 0.1) is 12.3 Å². The van der Waals surface area contributed by atoms with Crippen LogP contribution in [0.2, 0.25) is 0 Å². The summed E-state index contributed by atoms with van der Waals surface area (Å²) in [6, 6.07) is 12.5. The van der Waals surface area contributed by atoms with E-state index < -0.39 is 5.54 Å². The molecule has 5 nitrogen and oxygen atoms in total. The molecule has 1 aliphatic heterocycles. The van der Waals surface area contributed by atoms with Gasteiger partial charge in [0.15, 0.2) is 0 Å². The minimum Gasteiger partial charge on any atom is -0.496 e. The molecule has 1 aliphatic carbocycles. The zero-order valence-corrected chi connectivity index (χ0v) is 19.6. The molecular formula is C28H34N2O3. The lowest BCUT2D eigenvalue weighted by Gasteiger charge is -2.35. The number of benzene rings is 2. The molecule has 4 rings (SSSR count). The Morgan fingerprint density at radius 3 is 2.61 bits per heavy atom. The van der Waals surface area contributed by atoms with Crippen LogP contribution in [0.4, 0.5) is 0 Å². The molecule has 0 bridgehead atoms. The lowest BCUT2D eigenvalue weighted by Crippen LogP contribution is -2.46. The van der Waals surface area contributed by atoms with Crippen LogP contribution in [-0.4, -0.2) is 41.9 Å².